The smallest absolute Gasteiger partial charge is 0.390 e. The number of hydrogen-bond donors (Lipinski definition) is 2. The molecular formula is C13H13ClF3N3O. The molecule has 0 aliphatic heterocycles. The van der Waals surface area contributed by atoms with Gasteiger partial charge in [-0.25, -0.2) is 4.68 Å². The second-order valence-electron chi connectivity index (χ2n) is 4.41. The molecule has 1 aromatic carbocycles. The topological polar surface area (TPSA) is 50.1 Å². The lowest BCUT2D eigenvalue weighted by Gasteiger charge is -2.10. The van der Waals surface area contributed by atoms with Crippen LogP contribution in [0.15, 0.2) is 36.7 Å². The van der Waals surface area contributed by atoms with E-state index in [-0.39, 0.29) is 5.88 Å². The maximum absolute atomic E-state index is 12.5. The Balaban J connectivity index is 2.07. The third-order valence-electron chi connectivity index (χ3n) is 2.76. The molecule has 1 atom stereocenters. The Bertz CT molecular complexity index is 583. The van der Waals surface area contributed by atoms with Gasteiger partial charge >= 0.3 is 6.18 Å². The average molecular weight is 320 g/mol. The summed E-state index contributed by atoms with van der Waals surface area (Å²) in [5, 5.41) is 16.0. The fourth-order valence-electron chi connectivity index (χ4n) is 1.63. The first kappa shape index (κ1) is 15.7. The molecule has 4 nitrogen and oxygen atoms in total. The number of hydrogen-bond acceptors (Lipinski definition) is 3. The van der Waals surface area contributed by atoms with Crippen molar-refractivity contribution in [2.24, 2.45) is 0 Å². The van der Waals surface area contributed by atoms with Crippen molar-refractivity contribution in [2.45, 2.75) is 12.3 Å². The van der Waals surface area contributed by atoms with Crippen LogP contribution in [0, 0.1) is 0 Å². The minimum Gasteiger partial charge on any atom is -0.390 e. The first-order valence-electron chi connectivity index (χ1n) is 6.10. The molecule has 0 bridgehead atoms. The Labute approximate surface area is 124 Å². The highest BCUT2D eigenvalue weighted by Crippen LogP contribution is 2.29. The predicted molar refractivity (Wildman–Crippen MR) is 73.8 cm³/mol. The summed E-state index contributed by atoms with van der Waals surface area (Å²) >= 11 is 5.47. The minimum absolute atomic E-state index is 0.124. The molecule has 1 aromatic heterocycles. The van der Waals surface area contributed by atoms with Crippen LogP contribution in [0.4, 0.5) is 18.9 Å². The summed E-state index contributed by atoms with van der Waals surface area (Å²) in [6, 6.07) is 6.63. The molecule has 1 unspecified atom stereocenters. The van der Waals surface area contributed by atoms with E-state index in [1.807, 2.05) is 0 Å². The van der Waals surface area contributed by atoms with Crippen LogP contribution in [0.25, 0.3) is 5.69 Å². The van der Waals surface area contributed by atoms with Crippen molar-refractivity contribution >= 4 is 17.3 Å². The highest BCUT2D eigenvalue weighted by atomic mass is 35.5. The molecule has 21 heavy (non-hydrogen) atoms. The van der Waals surface area contributed by atoms with Crippen LogP contribution in [-0.4, -0.2) is 33.4 Å². The standard InChI is InChI=1S/C13H13ClF3N3O/c14-5-12(21)7-18-10-1-3-11(4-2-10)20-8-9(6-19-20)13(15,16)17/h1-4,6,8,12,18,21H,5,7H2. The molecule has 0 radical (unpaired) electrons. The SMILES string of the molecule is OC(CCl)CNc1ccc(-n2cc(C(F)(F)F)cn2)cc1. The Morgan fingerprint density at radius 3 is 2.48 bits per heavy atom. The first-order valence-corrected chi connectivity index (χ1v) is 6.64. The monoisotopic (exact) mass is 319 g/mol. The number of nitrogens with one attached hydrogen (secondary N) is 1. The molecule has 1 heterocycles. The van der Waals surface area contributed by atoms with E-state index in [1.54, 1.807) is 24.3 Å². The van der Waals surface area contributed by atoms with Gasteiger partial charge in [0.1, 0.15) is 0 Å². The van der Waals surface area contributed by atoms with E-state index in [0.717, 1.165) is 22.8 Å². The number of anilines is 1. The molecule has 2 rings (SSSR count). The van der Waals surface area contributed by atoms with Crippen molar-refractivity contribution in [1.82, 2.24) is 9.78 Å². The van der Waals surface area contributed by atoms with Crippen LogP contribution in [0.3, 0.4) is 0 Å². The van der Waals surface area contributed by atoms with E-state index in [4.69, 9.17) is 11.6 Å². The van der Waals surface area contributed by atoms with E-state index in [1.165, 1.54) is 0 Å². The molecule has 2 N–H and O–H groups in total. The fourth-order valence-corrected chi connectivity index (χ4v) is 1.74. The van der Waals surface area contributed by atoms with Crippen LogP contribution in [0.1, 0.15) is 5.56 Å². The van der Waals surface area contributed by atoms with Crippen LogP contribution in [0.5, 0.6) is 0 Å². The lowest BCUT2D eigenvalue weighted by atomic mass is 10.2. The lowest BCUT2D eigenvalue weighted by Crippen LogP contribution is -2.20. The summed E-state index contributed by atoms with van der Waals surface area (Å²) in [7, 11) is 0. The number of rotatable bonds is 5. The molecule has 0 spiro atoms. The molecule has 0 aliphatic rings. The number of halogens is 4. The molecule has 8 heteroatoms. The van der Waals surface area contributed by atoms with Crippen molar-refractivity contribution in [2.75, 3.05) is 17.7 Å². The van der Waals surface area contributed by atoms with Crippen molar-refractivity contribution in [3.8, 4) is 5.69 Å². The lowest BCUT2D eigenvalue weighted by molar-refractivity contribution is -0.137. The number of nitrogens with zero attached hydrogens (tertiary/aromatic N) is 2. The average Bonchev–Trinajstić information content (AvgIpc) is 2.95. The Kier molecular flexibility index (Phi) is 4.74. The Morgan fingerprint density at radius 2 is 1.95 bits per heavy atom. The van der Waals surface area contributed by atoms with Crippen molar-refractivity contribution < 1.29 is 18.3 Å². The van der Waals surface area contributed by atoms with Gasteiger partial charge in [0.05, 0.1) is 29.4 Å². The summed E-state index contributed by atoms with van der Waals surface area (Å²) in [6.07, 6.45) is -3.35. The van der Waals surface area contributed by atoms with Gasteiger partial charge in [-0.15, -0.1) is 11.6 Å². The third-order valence-corrected chi connectivity index (χ3v) is 3.12. The summed E-state index contributed by atoms with van der Waals surface area (Å²) in [5.41, 5.74) is 0.440. The van der Waals surface area contributed by atoms with Gasteiger partial charge in [-0.2, -0.15) is 18.3 Å². The van der Waals surface area contributed by atoms with E-state index < -0.39 is 17.8 Å². The van der Waals surface area contributed by atoms with Gasteiger partial charge in [0.25, 0.3) is 0 Å². The molecule has 0 saturated heterocycles. The van der Waals surface area contributed by atoms with E-state index >= 15 is 0 Å². The molecule has 114 valence electrons. The van der Waals surface area contributed by atoms with Gasteiger partial charge in [0, 0.05) is 18.4 Å². The normalized spacial score (nSPS) is 13.2. The first-order chi connectivity index (χ1) is 9.90. The zero-order valence-corrected chi connectivity index (χ0v) is 11.6. The van der Waals surface area contributed by atoms with Gasteiger partial charge in [-0.3, -0.25) is 0 Å². The Hall–Kier alpha value is -1.73. The van der Waals surface area contributed by atoms with E-state index in [0.29, 0.717) is 12.2 Å². The van der Waals surface area contributed by atoms with Crippen LogP contribution in [0.2, 0.25) is 0 Å². The number of aromatic nitrogens is 2. The molecule has 0 aliphatic carbocycles. The number of aliphatic hydroxyl groups excluding tert-OH is 1. The van der Waals surface area contributed by atoms with Crippen molar-refractivity contribution in [1.29, 1.82) is 0 Å². The van der Waals surface area contributed by atoms with Gasteiger partial charge in [-0.05, 0) is 24.3 Å². The van der Waals surface area contributed by atoms with Crippen molar-refractivity contribution in [3.05, 3.63) is 42.2 Å². The van der Waals surface area contributed by atoms with Gasteiger partial charge < -0.3 is 10.4 Å². The molecular weight excluding hydrogens is 307 g/mol. The number of aliphatic hydroxyl groups is 1. The largest absolute Gasteiger partial charge is 0.419 e. The second kappa shape index (κ2) is 6.36. The summed E-state index contributed by atoms with van der Waals surface area (Å²) in [4.78, 5) is 0. The highest BCUT2D eigenvalue weighted by Gasteiger charge is 2.32. The summed E-state index contributed by atoms with van der Waals surface area (Å²) in [6.45, 7) is 0.294. The second-order valence-corrected chi connectivity index (χ2v) is 4.72. The summed E-state index contributed by atoms with van der Waals surface area (Å²) in [5.74, 6) is 0.124. The molecule has 0 amide bonds. The van der Waals surface area contributed by atoms with Crippen molar-refractivity contribution in [3.63, 3.8) is 0 Å². The van der Waals surface area contributed by atoms with E-state index in [2.05, 4.69) is 10.4 Å². The predicted octanol–water partition coefficient (Wildman–Crippen LogP) is 2.90. The molecule has 0 fully saturated rings. The Morgan fingerprint density at radius 1 is 1.29 bits per heavy atom. The zero-order chi connectivity index (χ0) is 15.5. The maximum Gasteiger partial charge on any atom is 0.419 e. The molecule has 0 saturated carbocycles. The number of benzene rings is 1. The van der Waals surface area contributed by atoms with Gasteiger partial charge in [0.2, 0.25) is 0 Å². The van der Waals surface area contributed by atoms with E-state index in [9.17, 15) is 18.3 Å². The number of alkyl halides is 4. The zero-order valence-electron chi connectivity index (χ0n) is 10.8. The molecule has 2 aromatic rings. The van der Waals surface area contributed by atoms with Gasteiger partial charge in [-0.1, -0.05) is 0 Å². The maximum atomic E-state index is 12.5. The van der Waals surface area contributed by atoms with Crippen LogP contribution < -0.4 is 5.32 Å². The minimum atomic E-state index is -4.41. The fraction of sp³-hybridized carbons (Fsp3) is 0.308. The third kappa shape index (κ3) is 4.12. The highest BCUT2D eigenvalue weighted by molar-refractivity contribution is 6.18. The van der Waals surface area contributed by atoms with Gasteiger partial charge in [0.15, 0.2) is 0 Å². The van der Waals surface area contributed by atoms with Crippen LogP contribution in [-0.2, 0) is 6.18 Å². The summed E-state index contributed by atoms with van der Waals surface area (Å²) < 4.78 is 38.6. The van der Waals surface area contributed by atoms with Crippen LogP contribution >= 0.6 is 11.6 Å². The quantitative estimate of drug-likeness (QED) is 0.833.